The molecule has 3 aromatic rings. The summed E-state index contributed by atoms with van der Waals surface area (Å²) in [4.78, 5) is 12.8. The topological polar surface area (TPSA) is 101 Å². The lowest BCUT2D eigenvalue weighted by molar-refractivity contribution is 0.374. The van der Waals surface area contributed by atoms with Crippen molar-refractivity contribution in [2.24, 2.45) is 4.99 Å². The highest BCUT2D eigenvalue weighted by atomic mass is 127. The molecule has 0 bridgehead atoms. The summed E-state index contributed by atoms with van der Waals surface area (Å²) in [5, 5.41) is 10.2. The Kier molecular flexibility index (Phi) is 7.77. The molecule has 2 aromatic heterocycles. The Labute approximate surface area is 174 Å². The molecule has 0 radical (unpaired) electrons. The fourth-order valence-corrected chi connectivity index (χ4v) is 2.34. The van der Waals surface area contributed by atoms with Gasteiger partial charge in [0.25, 0.3) is 0 Å². The number of guanidine groups is 1. The summed E-state index contributed by atoms with van der Waals surface area (Å²) in [6.07, 6.45) is 2.28. The van der Waals surface area contributed by atoms with E-state index in [0.717, 1.165) is 11.3 Å². The molecular formula is C18H23IN6O2. The fourth-order valence-electron chi connectivity index (χ4n) is 2.34. The first-order valence-electron chi connectivity index (χ1n) is 8.39. The highest BCUT2D eigenvalue weighted by Gasteiger charge is 2.08. The molecule has 0 saturated carbocycles. The molecule has 8 nitrogen and oxygen atoms in total. The molecular weight excluding hydrogens is 459 g/mol. The van der Waals surface area contributed by atoms with Crippen LogP contribution in [0.4, 0.5) is 0 Å². The predicted octanol–water partition coefficient (Wildman–Crippen LogP) is 2.87. The zero-order valence-corrected chi connectivity index (χ0v) is 17.9. The van der Waals surface area contributed by atoms with Gasteiger partial charge in [-0.2, -0.15) is 4.98 Å². The second-order valence-corrected chi connectivity index (χ2v) is 5.85. The SMILES string of the molecule is CN=C(NCCc1nc(C)no1)NCc1coc(-c2ccc(C)cc2)n1.I. The standard InChI is InChI=1S/C18H22N6O2.HI/c1-12-4-6-14(7-5-12)17-23-15(11-25-17)10-21-18(19-3)20-9-8-16-22-13(2)24-26-16;/h4-7,11H,8-10H2,1-3H3,(H2,19,20,21);1H. The minimum atomic E-state index is 0. The van der Waals surface area contributed by atoms with E-state index in [1.54, 1.807) is 20.2 Å². The van der Waals surface area contributed by atoms with E-state index < -0.39 is 0 Å². The number of hydrogen-bond donors (Lipinski definition) is 2. The Morgan fingerprint density at radius 2 is 1.89 bits per heavy atom. The first-order chi connectivity index (χ1) is 12.6. The van der Waals surface area contributed by atoms with Gasteiger partial charge in [-0.05, 0) is 26.0 Å². The van der Waals surface area contributed by atoms with Crippen LogP contribution in [0.2, 0.25) is 0 Å². The summed E-state index contributed by atoms with van der Waals surface area (Å²) in [5.41, 5.74) is 2.96. The average Bonchev–Trinajstić information content (AvgIpc) is 3.28. The third-order valence-electron chi connectivity index (χ3n) is 3.71. The lowest BCUT2D eigenvalue weighted by Crippen LogP contribution is -2.37. The van der Waals surface area contributed by atoms with Crippen LogP contribution < -0.4 is 10.6 Å². The van der Waals surface area contributed by atoms with Gasteiger partial charge in [-0.3, -0.25) is 4.99 Å². The van der Waals surface area contributed by atoms with E-state index in [0.29, 0.717) is 43.1 Å². The fraction of sp³-hybridized carbons (Fsp3) is 0.333. The normalized spacial score (nSPS) is 11.1. The lowest BCUT2D eigenvalue weighted by atomic mass is 10.1. The van der Waals surface area contributed by atoms with E-state index in [4.69, 9.17) is 8.94 Å². The highest BCUT2D eigenvalue weighted by molar-refractivity contribution is 14.0. The van der Waals surface area contributed by atoms with Gasteiger partial charge in [-0.15, -0.1) is 24.0 Å². The minimum Gasteiger partial charge on any atom is -0.444 e. The number of nitrogens with one attached hydrogen (secondary N) is 2. The molecule has 0 atom stereocenters. The molecule has 2 heterocycles. The van der Waals surface area contributed by atoms with E-state index in [1.165, 1.54) is 5.56 Å². The summed E-state index contributed by atoms with van der Waals surface area (Å²) in [6.45, 7) is 4.99. The van der Waals surface area contributed by atoms with Crippen molar-refractivity contribution >= 4 is 29.9 Å². The first kappa shape index (κ1) is 20.9. The number of nitrogens with zero attached hydrogens (tertiary/aromatic N) is 4. The van der Waals surface area contributed by atoms with E-state index >= 15 is 0 Å². The Morgan fingerprint density at radius 3 is 2.56 bits per heavy atom. The van der Waals surface area contributed by atoms with Crippen molar-refractivity contribution in [1.29, 1.82) is 0 Å². The largest absolute Gasteiger partial charge is 0.444 e. The monoisotopic (exact) mass is 482 g/mol. The zero-order chi connectivity index (χ0) is 18.4. The van der Waals surface area contributed by atoms with Crippen LogP contribution in [0, 0.1) is 13.8 Å². The molecule has 9 heteroatoms. The highest BCUT2D eigenvalue weighted by Crippen LogP contribution is 2.18. The van der Waals surface area contributed by atoms with Crippen LogP contribution >= 0.6 is 24.0 Å². The number of aromatic nitrogens is 3. The van der Waals surface area contributed by atoms with Gasteiger partial charge in [-0.1, -0.05) is 22.9 Å². The van der Waals surface area contributed by atoms with Crippen molar-refractivity contribution in [3.05, 3.63) is 53.5 Å². The quantitative estimate of drug-likeness (QED) is 0.317. The van der Waals surface area contributed by atoms with Crippen LogP contribution in [0.15, 0.2) is 44.5 Å². The summed E-state index contributed by atoms with van der Waals surface area (Å²) in [6, 6.07) is 8.07. The Hall–Kier alpha value is -2.43. The van der Waals surface area contributed by atoms with Crippen LogP contribution in [0.1, 0.15) is 23.0 Å². The lowest BCUT2D eigenvalue weighted by Gasteiger charge is -2.09. The van der Waals surface area contributed by atoms with E-state index in [9.17, 15) is 0 Å². The van der Waals surface area contributed by atoms with Crippen LogP contribution in [-0.2, 0) is 13.0 Å². The molecule has 0 aliphatic rings. The van der Waals surface area contributed by atoms with Gasteiger partial charge in [0.1, 0.15) is 6.26 Å². The number of benzene rings is 1. The van der Waals surface area contributed by atoms with E-state index in [2.05, 4.69) is 30.8 Å². The van der Waals surface area contributed by atoms with Crippen LogP contribution in [0.5, 0.6) is 0 Å². The second kappa shape index (κ2) is 10.0. The second-order valence-electron chi connectivity index (χ2n) is 5.85. The van der Waals surface area contributed by atoms with E-state index in [1.807, 2.05) is 31.2 Å². The molecule has 0 aliphatic carbocycles. The van der Waals surface area contributed by atoms with Crippen molar-refractivity contribution in [3.8, 4) is 11.5 Å². The van der Waals surface area contributed by atoms with Gasteiger partial charge in [0.05, 0.1) is 12.2 Å². The third kappa shape index (κ3) is 6.05. The van der Waals surface area contributed by atoms with Crippen molar-refractivity contribution < 1.29 is 8.94 Å². The number of aryl methyl sites for hydroxylation is 2. The maximum absolute atomic E-state index is 5.56. The first-order valence-corrected chi connectivity index (χ1v) is 8.39. The molecule has 27 heavy (non-hydrogen) atoms. The Bertz CT molecular complexity index is 872. The number of oxazole rings is 1. The molecule has 144 valence electrons. The summed E-state index contributed by atoms with van der Waals surface area (Å²) in [5.74, 6) is 2.51. The van der Waals surface area contributed by atoms with Gasteiger partial charge in [-0.25, -0.2) is 4.98 Å². The molecule has 2 N–H and O–H groups in total. The van der Waals surface area contributed by atoms with Gasteiger partial charge in [0.2, 0.25) is 11.8 Å². The van der Waals surface area contributed by atoms with Crippen LogP contribution in [0.25, 0.3) is 11.5 Å². The minimum absolute atomic E-state index is 0. The number of hydrogen-bond acceptors (Lipinski definition) is 6. The summed E-state index contributed by atoms with van der Waals surface area (Å²) >= 11 is 0. The van der Waals surface area contributed by atoms with Gasteiger partial charge in [0, 0.05) is 25.6 Å². The van der Waals surface area contributed by atoms with E-state index in [-0.39, 0.29) is 24.0 Å². The molecule has 0 spiro atoms. The van der Waals surface area contributed by atoms with Crippen LogP contribution in [0.3, 0.4) is 0 Å². The molecule has 1 aromatic carbocycles. The molecule has 0 amide bonds. The molecule has 0 saturated heterocycles. The Balaban J connectivity index is 0.00000261. The summed E-state index contributed by atoms with van der Waals surface area (Å²) in [7, 11) is 1.71. The van der Waals surface area contributed by atoms with Gasteiger partial charge < -0.3 is 19.6 Å². The van der Waals surface area contributed by atoms with Gasteiger partial charge >= 0.3 is 0 Å². The number of rotatable bonds is 6. The van der Waals surface area contributed by atoms with Gasteiger partial charge in [0.15, 0.2) is 11.8 Å². The van der Waals surface area contributed by atoms with Crippen LogP contribution in [-0.4, -0.2) is 34.7 Å². The van der Waals surface area contributed by atoms with Crippen molar-refractivity contribution in [2.45, 2.75) is 26.8 Å². The number of halogens is 1. The average molecular weight is 482 g/mol. The zero-order valence-electron chi connectivity index (χ0n) is 15.5. The Morgan fingerprint density at radius 1 is 1.11 bits per heavy atom. The van der Waals surface area contributed by atoms with Crippen molar-refractivity contribution in [2.75, 3.05) is 13.6 Å². The maximum Gasteiger partial charge on any atom is 0.228 e. The number of aliphatic imine (C=N–C) groups is 1. The molecule has 0 fully saturated rings. The third-order valence-corrected chi connectivity index (χ3v) is 3.71. The smallest absolute Gasteiger partial charge is 0.228 e. The van der Waals surface area contributed by atoms with Crippen molar-refractivity contribution in [1.82, 2.24) is 25.8 Å². The van der Waals surface area contributed by atoms with Crippen molar-refractivity contribution in [3.63, 3.8) is 0 Å². The predicted molar refractivity (Wildman–Crippen MR) is 113 cm³/mol. The molecule has 0 unspecified atom stereocenters. The molecule has 3 rings (SSSR count). The summed E-state index contributed by atoms with van der Waals surface area (Å²) < 4.78 is 10.6. The molecule has 0 aliphatic heterocycles. The maximum atomic E-state index is 5.56.